The minimum Gasteiger partial charge on any atom is -0.496 e. The van der Waals surface area contributed by atoms with Crippen LogP contribution in [0.15, 0.2) is 36.5 Å². The van der Waals surface area contributed by atoms with E-state index in [0.717, 1.165) is 75.7 Å². The quantitative estimate of drug-likeness (QED) is 0.364. The zero-order chi connectivity index (χ0) is 28.1. The third-order valence-electron chi connectivity index (χ3n) is 9.40. The fourth-order valence-electron chi connectivity index (χ4n) is 7.27. The van der Waals surface area contributed by atoms with Crippen LogP contribution in [0.4, 0.5) is 11.4 Å². The number of ether oxygens (including phenoxy) is 2. The number of carbonyl (C=O) groups excluding carboxylic acids is 1. The molecule has 216 valence electrons. The molecular formula is C30H36ClN7O3. The molecule has 0 radical (unpaired) electrons. The number of nitrogens with one attached hydrogen (secondary N) is 2. The van der Waals surface area contributed by atoms with Crippen LogP contribution in [0.25, 0.3) is 22.6 Å². The molecule has 7 rings (SSSR count). The molecule has 10 nitrogen and oxygen atoms in total. The lowest BCUT2D eigenvalue weighted by molar-refractivity contribution is -0.122. The fraction of sp³-hybridized carbons (Fsp3) is 0.500. The van der Waals surface area contributed by atoms with Crippen LogP contribution in [0.3, 0.4) is 0 Å². The van der Waals surface area contributed by atoms with Crippen LogP contribution in [0.5, 0.6) is 5.75 Å². The van der Waals surface area contributed by atoms with Gasteiger partial charge in [-0.25, -0.2) is 9.97 Å². The van der Waals surface area contributed by atoms with Gasteiger partial charge in [0, 0.05) is 50.0 Å². The van der Waals surface area contributed by atoms with E-state index in [1.54, 1.807) is 13.3 Å². The summed E-state index contributed by atoms with van der Waals surface area (Å²) in [6, 6.07) is 6.78. The lowest BCUT2D eigenvalue weighted by Gasteiger charge is -2.40. The molecule has 11 heteroatoms. The molecule has 2 aliphatic carbocycles. The number of imidazole rings is 1. The number of amides is 1. The molecule has 1 saturated carbocycles. The van der Waals surface area contributed by atoms with Crippen molar-refractivity contribution in [2.75, 3.05) is 56.7 Å². The number of morpholine rings is 1. The van der Waals surface area contributed by atoms with E-state index in [1.165, 1.54) is 0 Å². The molecule has 2 aliphatic heterocycles. The average molecular weight is 578 g/mol. The van der Waals surface area contributed by atoms with Gasteiger partial charge in [0.2, 0.25) is 5.91 Å². The lowest BCUT2D eigenvalue weighted by atomic mass is 9.88. The molecule has 1 aromatic carbocycles. The summed E-state index contributed by atoms with van der Waals surface area (Å²) in [5.74, 6) is 1.19. The van der Waals surface area contributed by atoms with Crippen molar-refractivity contribution in [2.45, 2.75) is 31.3 Å². The van der Waals surface area contributed by atoms with Gasteiger partial charge in [0.05, 0.1) is 48.7 Å². The molecule has 4 heterocycles. The highest BCUT2D eigenvalue weighted by atomic mass is 35.5. The van der Waals surface area contributed by atoms with Crippen LogP contribution in [-0.4, -0.2) is 84.3 Å². The first-order valence-corrected chi connectivity index (χ1v) is 14.9. The Morgan fingerprint density at radius 2 is 1.95 bits per heavy atom. The summed E-state index contributed by atoms with van der Waals surface area (Å²) in [4.78, 5) is 30.1. The molecule has 4 atom stereocenters. The van der Waals surface area contributed by atoms with Gasteiger partial charge in [-0.2, -0.15) is 0 Å². The van der Waals surface area contributed by atoms with Gasteiger partial charge in [-0.1, -0.05) is 23.8 Å². The summed E-state index contributed by atoms with van der Waals surface area (Å²) in [6.45, 7) is 5.77. The highest BCUT2D eigenvalue weighted by Gasteiger charge is 2.47. The molecule has 4 N–H and O–H groups in total. The molecule has 41 heavy (non-hydrogen) atoms. The van der Waals surface area contributed by atoms with Gasteiger partial charge in [0.1, 0.15) is 17.1 Å². The highest BCUT2D eigenvalue weighted by molar-refractivity contribution is 6.34. The van der Waals surface area contributed by atoms with Crippen LogP contribution in [0, 0.1) is 17.8 Å². The highest BCUT2D eigenvalue weighted by Crippen LogP contribution is 2.46. The van der Waals surface area contributed by atoms with Gasteiger partial charge in [-0.05, 0) is 43.2 Å². The number of carbonyl (C=O) groups is 1. The van der Waals surface area contributed by atoms with E-state index in [0.29, 0.717) is 33.7 Å². The Labute approximate surface area is 244 Å². The van der Waals surface area contributed by atoms with Crippen molar-refractivity contribution in [3.8, 4) is 17.1 Å². The topological polar surface area (TPSA) is 122 Å². The monoisotopic (exact) mass is 577 g/mol. The molecule has 3 aromatic rings. The maximum Gasteiger partial charge on any atom is 0.223 e. The summed E-state index contributed by atoms with van der Waals surface area (Å²) >= 11 is 6.64. The second-order valence-corrected chi connectivity index (χ2v) is 12.0. The number of H-pyrrole nitrogens is 1. The van der Waals surface area contributed by atoms with E-state index in [4.69, 9.17) is 31.8 Å². The number of benzene rings is 1. The Morgan fingerprint density at radius 3 is 2.71 bits per heavy atom. The summed E-state index contributed by atoms with van der Waals surface area (Å²) in [6.07, 6.45) is 9.09. The third kappa shape index (κ3) is 4.81. The van der Waals surface area contributed by atoms with Crippen LogP contribution in [-0.2, 0) is 9.53 Å². The summed E-state index contributed by atoms with van der Waals surface area (Å²) < 4.78 is 11.4. The number of fused-ring (bicyclic) bond motifs is 3. The lowest BCUT2D eigenvalue weighted by Crippen LogP contribution is -2.49. The number of anilines is 2. The van der Waals surface area contributed by atoms with Crippen molar-refractivity contribution in [1.82, 2.24) is 19.9 Å². The number of hydrogen-bond donors (Lipinski definition) is 3. The first-order valence-electron chi connectivity index (χ1n) is 14.5. The number of aromatic nitrogens is 3. The van der Waals surface area contributed by atoms with E-state index in [2.05, 4.69) is 55.4 Å². The zero-order valence-corrected chi connectivity index (χ0v) is 23.9. The zero-order valence-electron chi connectivity index (χ0n) is 23.2. The predicted molar refractivity (Wildman–Crippen MR) is 159 cm³/mol. The fourth-order valence-corrected chi connectivity index (χ4v) is 7.47. The largest absolute Gasteiger partial charge is 0.496 e. The van der Waals surface area contributed by atoms with E-state index >= 15 is 0 Å². The van der Waals surface area contributed by atoms with Crippen molar-refractivity contribution < 1.29 is 14.3 Å². The van der Waals surface area contributed by atoms with Gasteiger partial charge in [-0.15, -0.1) is 0 Å². The van der Waals surface area contributed by atoms with Crippen molar-refractivity contribution in [3.63, 3.8) is 0 Å². The molecule has 2 aromatic heterocycles. The van der Waals surface area contributed by atoms with Crippen LogP contribution in [0.1, 0.15) is 19.3 Å². The van der Waals surface area contributed by atoms with Crippen LogP contribution >= 0.6 is 11.6 Å². The van der Waals surface area contributed by atoms with Crippen molar-refractivity contribution in [2.24, 2.45) is 23.5 Å². The Balaban J connectivity index is 1.13. The first-order chi connectivity index (χ1) is 20.0. The Morgan fingerprint density at radius 1 is 1.17 bits per heavy atom. The first kappa shape index (κ1) is 26.6. The smallest absolute Gasteiger partial charge is 0.223 e. The average Bonchev–Trinajstić information content (AvgIpc) is 3.74. The minimum atomic E-state index is -0.293. The van der Waals surface area contributed by atoms with Crippen LogP contribution in [0.2, 0.25) is 5.02 Å². The van der Waals surface area contributed by atoms with Gasteiger partial charge in [-0.3, -0.25) is 9.69 Å². The molecular weight excluding hydrogens is 542 g/mol. The van der Waals surface area contributed by atoms with Gasteiger partial charge >= 0.3 is 0 Å². The Hall–Kier alpha value is -3.34. The van der Waals surface area contributed by atoms with E-state index in [-0.39, 0.29) is 29.7 Å². The molecule has 4 aliphatic rings. The Kier molecular flexibility index (Phi) is 7.00. The van der Waals surface area contributed by atoms with E-state index in [1.807, 2.05) is 0 Å². The van der Waals surface area contributed by atoms with E-state index < -0.39 is 0 Å². The maximum absolute atomic E-state index is 12.3. The number of aromatic amines is 1. The van der Waals surface area contributed by atoms with Gasteiger partial charge in [0.15, 0.2) is 5.65 Å². The molecule has 0 unspecified atom stereocenters. The number of allylic oxidation sites excluding steroid dienone is 1. The number of nitrogens with two attached hydrogens (primary N) is 1. The second-order valence-electron chi connectivity index (χ2n) is 11.6. The number of hydrogen-bond acceptors (Lipinski definition) is 8. The van der Waals surface area contributed by atoms with Crippen molar-refractivity contribution in [3.05, 3.63) is 41.6 Å². The maximum atomic E-state index is 12.3. The van der Waals surface area contributed by atoms with Crippen molar-refractivity contribution in [1.29, 1.82) is 0 Å². The molecule has 1 amide bonds. The van der Waals surface area contributed by atoms with Gasteiger partial charge < -0.3 is 30.4 Å². The molecule has 2 bridgehead atoms. The third-order valence-corrected chi connectivity index (χ3v) is 9.68. The number of rotatable bonds is 7. The SMILES string of the molecule is COc1cc(N2CCC(N3CCOCC3)CC2)ccc1-c1nc2c(N[C@@H]3[C@H](C(N)=O)[C@H]4C=C[C@@H]3C4)c(Cl)cnc2[nH]1. The van der Waals surface area contributed by atoms with Crippen molar-refractivity contribution >= 4 is 40.0 Å². The summed E-state index contributed by atoms with van der Waals surface area (Å²) in [5.41, 5.74) is 9.68. The number of piperidine rings is 1. The molecule has 2 saturated heterocycles. The Bertz CT molecular complexity index is 1480. The normalized spacial score (nSPS) is 26.6. The number of primary amides is 1. The molecule has 0 spiro atoms. The second kappa shape index (κ2) is 10.8. The standard InChI is InChI=1S/C30H36ClN7O3/c1-40-23-15-20(37-8-6-19(7-9-37)38-10-12-41-13-11-38)4-5-21(23)29-35-27-26(22(31)16-33-30(27)36-29)34-25-18-3-2-17(14-18)24(25)28(32)39/h2-5,15-19,24-25H,6-14H2,1H3,(H2,32,39)(H2,33,34,35,36)/t17-,18+,24+,25-/m0/s1. The number of pyridine rings is 1. The van der Waals surface area contributed by atoms with Gasteiger partial charge in [0.25, 0.3) is 0 Å². The summed E-state index contributed by atoms with van der Waals surface area (Å²) in [5, 5.41) is 3.98. The number of halogens is 1. The number of methoxy groups -OCH3 is 1. The molecule has 3 fully saturated rings. The van der Waals surface area contributed by atoms with E-state index in [9.17, 15) is 4.79 Å². The predicted octanol–water partition coefficient (Wildman–Crippen LogP) is 3.68. The minimum absolute atomic E-state index is 0.132. The number of nitrogens with zero attached hydrogens (tertiary/aromatic N) is 4. The summed E-state index contributed by atoms with van der Waals surface area (Å²) in [7, 11) is 1.69. The van der Waals surface area contributed by atoms with Crippen LogP contribution < -0.4 is 20.7 Å².